The lowest BCUT2D eigenvalue weighted by Gasteiger charge is -2.09. The zero-order valence-corrected chi connectivity index (χ0v) is 10.1. The molecule has 1 aromatic carbocycles. The number of nitriles is 1. The van der Waals surface area contributed by atoms with Crippen molar-refractivity contribution < 1.29 is 0 Å². The van der Waals surface area contributed by atoms with Gasteiger partial charge in [0.15, 0.2) is 0 Å². The smallest absolute Gasteiger partial charge is 0.0992 e. The number of hydrogen-bond acceptors (Lipinski definition) is 4. The topological polar surface area (TPSA) is 74.7 Å². The van der Waals surface area contributed by atoms with Crippen LogP contribution in [0.1, 0.15) is 17.0 Å². The van der Waals surface area contributed by atoms with E-state index in [-0.39, 0.29) is 0 Å². The van der Waals surface area contributed by atoms with Gasteiger partial charge in [-0.1, -0.05) is 6.07 Å². The number of rotatable bonds is 3. The second kappa shape index (κ2) is 5.19. The highest BCUT2D eigenvalue weighted by Crippen LogP contribution is 2.20. The molecule has 90 valence electrons. The maximum absolute atomic E-state index is 8.76. The Morgan fingerprint density at radius 2 is 2.17 bits per heavy atom. The molecule has 0 aliphatic carbocycles. The lowest BCUT2D eigenvalue weighted by molar-refractivity contribution is 1.02. The molecule has 2 rings (SSSR count). The fourth-order valence-electron chi connectivity index (χ4n) is 1.68. The Labute approximate surface area is 106 Å². The number of nitrogens with two attached hydrogens (primary N) is 1. The zero-order chi connectivity index (χ0) is 13.0. The Bertz CT molecular complexity index is 599. The van der Waals surface area contributed by atoms with Gasteiger partial charge in [0.2, 0.25) is 0 Å². The van der Waals surface area contributed by atoms with Gasteiger partial charge < -0.3 is 11.1 Å². The first-order valence-electron chi connectivity index (χ1n) is 5.65. The molecule has 3 N–H and O–H groups in total. The molecule has 0 spiro atoms. The molecule has 0 radical (unpaired) electrons. The van der Waals surface area contributed by atoms with E-state index in [1.807, 2.05) is 31.2 Å². The summed E-state index contributed by atoms with van der Waals surface area (Å²) in [6, 6.07) is 13.2. The van der Waals surface area contributed by atoms with Crippen LogP contribution in [0.2, 0.25) is 0 Å². The molecule has 18 heavy (non-hydrogen) atoms. The molecular weight excluding hydrogens is 224 g/mol. The molecule has 0 amide bonds. The number of pyridine rings is 1. The zero-order valence-electron chi connectivity index (χ0n) is 10.1. The van der Waals surface area contributed by atoms with Crippen molar-refractivity contribution in [3.8, 4) is 6.07 Å². The summed E-state index contributed by atoms with van der Waals surface area (Å²) in [5.74, 6) is 0. The average molecular weight is 238 g/mol. The largest absolute Gasteiger partial charge is 0.397 e. The summed E-state index contributed by atoms with van der Waals surface area (Å²) in [5, 5.41) is 12.0. The summed E-state index contributed by atoms with van der Waals surface area (Å²) >= 11 is 0. The number of nitrogens with one attached hydrogen (secondary N) is 1. The van der Waals surface area contributed by atoms with Crippen LogP contribution in [0.3, 0.4) is 0 Å². The molecule has 0 aliphatic rings. The SMILES string of the molecule is Cc1cccc(CNc2ccc(C#N)cc2N)n1. The molecule has 0 unspecified atom stereocenters. The van der Waals surface area contributed by atoms with Gasteiger partial charge >= 0.3 is 0 Å². The second-order valence-corrected chi connectivity index (χ2v) is 4.04. The van der Waals surface area contributed by atoms with Gasteiger partial charge in [-0.25, -0.2) is 0 Å². The second-order valence-electron chi connectivity index (χ2n) is 4.04. The monoisotopic (exact) mass is 238 g/mol. The Hall–Kier alpha value is -2.54. The van der Waals surface area contributed by atoms with Crippen LogP contribution >= 0.6 is 0 Å². The minimum atomic E-state index is 0.562. The summed E-state index contributed by atoms with van der Waals surface area (Å²) in [4.78, 5) is 4.40. The van der Waals surface area contributed by atoms with E-state index in [2.05, 4.69) is 16.4 Å². The van der Waals surface area contributed by atoms with Crippen LogP contribution in [0.15, 0.2) is 36.4 Å². The fourth-order valence-corrected chi connectivity index (χ4v) is 1.68. The van der Waals surface area contributed by atoms with Gasteiger partial charge in [-0.05, 0) is 37.3 Å². The summed E-state index contributed by atoms with van der Waals surface area (Å²) in [6.07, 6.45) is 0. The maximum Gasteiger partial charge on any atom is 0.0992 e. The fraction of sp³-hybridized carbons (Fsp3) is 0.143. The normalized spacial score (nSPS) is 9.78. The van der Waals surface area contributed by atoms with Crippen molar-refractivity contribution in [2.45, 2.75) is 13.5 Å². The van der Waals surface area contributed by atoms with Crippen molar-refractivity contribution in [3.05, 3.63) is 53.3 Å². The first-order chi connectivity index (χ1) is 8.69. The number of hydrogen-bond donors (Lipinski definition) is 2. The van der Waals surface area contributed by atoms with Crippen LogP contribution < -0.4 is 11.1 Å². The third kappa shape index (κ3) is 2.77. The molecule has 1 aromatic heterocycles. The Balaban J connectivity index is 2.09. The molecule has 1 heterocycles. The van der Waals surface area contributed by atoms with E-state index < -0.39 is 0 Å². The highest BCUT2D eigenvalue weighted by atomic mass is 14.9. The number of nitrogen functional groups attached to an aromatic ring is 1. The van der Waals surface area contributed by atoms with Gasteiger partial charge in [-0.2, -0.15) is 5.26 Å². The van der Waals surface area contributed by atoms with Gasteiger partial charge in [0.05, 0.1) is 35.2 Å². The lowest BCUT2D eigenvalue weighted by atomic mass is 10.2. The van der Waals surface area contributed by atoms with Gasteiger partial charge in [-0.15, -0.1) is 0 Å². The molecule has 2 aromatic rings. The van der Waals surface area contributed by atoms with E-state index in [0.29, 0.717) is 17.8 Å². The molecule has 0 bridgehead atoms. The molecule has 4 heteroatoms. The van der Waals surface area contributed by atoms with Crippen LogP contribution in [0.5, 0.6) is 0 Å². The van der Waals surface area contributed by atoms with Gasteiger partial charge in [0.25, 0.3) is 0 Å². The minimum absolute atomic E-state index is 0.562. The Morgan fingerprint density at radius 1 is 1.33 bits per heavy atom. The Kier molecular flexibility index (Phi) is 3.44. The quantitative estimate of drug-likeness (QED) is 0.805. The average Bonchev–Trinajstić information content (AvgIpc) is 2.37. The predicted octanol–water partition coefficient (Wildman–Crippen LogP) is 2.46. The number of aryl methyl sites for hydroxylation is 1. The predicted molar refractivity (Wildman–Crippen MR) is 71.9 cm³/mol. The van der Waals surface area contributed by atoms with E-state index in [1.165, 1.54) is 0 Å². The molecule has 0 saturated heterocycles. The van der Waals surface area contributed by atoms with Crippen molar-refractivity contribution in [3.63, 3.8) is 0 Å². The number of nitrogens with zero attached hydrogens (tertiary/aromatic N) is 2. The highest BCUT2D eigenvalue weighted by molar-refractivity contribution is 5.68. The van der Waals surface area contributed by atoms with Crippen LogP contribution in [0.25, 0.3) is 0 Å². The van der Waals surface area contributed by atoms with Crippen molar-refractivity contribution in [2.75, 3.05) is 11.1 Å². The first kappa shape index (κ1) is 11.9. The third-order valence-electron chi connectivity index (χ3n) is 2.59. The first-order valence-corrected chi connectivity index (χ1v) is 5.65. The minimum Gasteiger partial charge on any atom is -0.397 e. The number of aromatic nitrogens is 1. The highest BCUT2D eigenvalue weighted by Gasteiger charge is 2.01. The van der Waals surface area contributed by atoms with Crippen molar-refractivity contribution in [1.29, 1.82) is 5.26 Å². The van der Waals surface area contributed by atoms with Gasteiger partial charge in [-0.3, -0.25) is 4.98 Å². The van der Waals surface area contributed by atoms with E-state index in [1.54, 1.807) is 12.1 Å². The molecule has 0 fully saturated rings. The van der Waals surface area contributed by atoms with E-state index in [4.69, 9.17) is 11.0 Å². The third-order valence-corrected chi connectivity index (χ3v) is 2.59. The standard InChI is InChI=1S/C14H14N4/c1-10-3-2-4-12(18-10)9-17-14-6-5-11(8-15)7-13(14)16/h2-7,17H,9,16H2,1H3. The maximum atomic E-state index is 8.76. The Morgan fingerprint density at radius 3 is 2.83 bits per heavy atom. The summed E-state index contributed by atoms with van der Waals surface area (Å²) < 4.78 is 0. The summed E-state index contributed by atoms with van der Waals surface area (Å²) in [6.45, 7) is 2.57. The van der Waals surface area contributed by atoms with Gasteiger partial charge in [0.1, 0.15) is 0 Å². The van der Waals surface area contributed by atoms with E-state index in [0.717, 1.165) is 17.1 Å². The van der Waals surface area contributed by atoms with Crippen molar-refractivity contribution in [2.24, 2.45) is 0 Å². The van der Waals surface area contributed by atoms with Crippen LogP contribution in [0, 0.1) is 18.3 Å². The number of anilines is 2. The van der Waals surface area contributed by atoms with Crippen LogP contribution in [0.4, 0.5) is 11.4 Å². The van der Waals surface area contributed by atoms with Crippen LogP contribution in [-0.2, 0) is 6.54 Å². The van der Waals surface area contributed by atoms with Gasteiger partial charge in [0, 0.05) is 5.69 Å². The van der Waals surface area contributed by atoms with Crippen molar-refractivity contribution in [1.82, 2.24) is 4.98 Å². The lowest BCUT2D eigenvalue weighted by Crippen LogP contribution is -2.04. The summed E-state index contributed by atoms with van der Waals surface area (Å²) in [5.41, 5.74) is 9.75. The number of benzene rings is 1. The molecule has 4 nitrogen and oxygen atoms in total. The molecular formula is C14H14N4. The van der Waals surface area contributed by atoms with E-state index in [9.17, 15) is 0 Å². The molecule has 0 aliphatic heterocycles. The van der Waals surface area contributed by atoms with E-state index >= 15 is 0 Å². The van der Waals surface area contributed by atoms with Crippen molar-refractivity contribution >= 4 is 11.4 Å². The molecule has 0 atom stereocenters. The summed E-state index contributed by atoms with van der Waals surface area (Å²) in [7, 11) is 0. The molecule has 0 saturated carbocycles. The van der Waals surface area contributed by atoms with Crippen LogP contribution in [-0.4, -0.2) is 4.98 Å².